The molecule has 4 heterocycles. The molecule has 3 aromatic heterocycles. The molecule has 0 unspecified atom stereocenters. The molecule has 4 aromatic rings. The van der Waals surface area contributed by atoms with Gasteiger partial charge in [0.2, 0.25) is 0 Å². The van der Waals surface area contributed by atoms with Gasteiger partial charge in [-0.25, -0.2) is 4.98 Å². The van der Waals surface area contributed by atoms with Gasteiger partial charge in [0.1, 0.15) is 11.4 Å². The Hall–Kier alpha value is -3.42. The van der Waals surface area contributed by atoms with Crippen molar-refractivity contribution in [3.8, 4) is 23.1 Å². The number of hydrogen-bond donors (Lipinski definition) is 2. The van der Waals surface area contributed by atoms with Gasteiger partial charge in [-0.05, 0) is 61.9 Å². The first-order chi connectivity index (χ1) is 17.4. The second kappa shape index (κ2) is 8.91. The Morgan fingerprint density at radius 3 is 2.50 bits per heavy atom. The van der Waals surface area contributed by atoms with Gasteiger partial charge in [0.15, 0.2) is 0 Å². The number of aryl methyl sites for hydroxylation is 1. The molecular weight excluding hydrogens is 467 g/mol. The summed E-state index contributed by atoms with van der Waals surface area (Å²) in [4.78, 5) is 9.42. The van der Waals surface area contributed by atoms with Gasteiger partial charge in [-0.3, -0.25) is 15.1 Å². The highest BCUT2D eigenvalue weighted by atomic mass is 19.4. The Balaban J connectivity index is 1.48. The number of fused-ring (bicyclic) bond motifs is 5. The van der Waals surface area contributed by atoms with Gasteiger partial charge >= 0.3 is 6.18 Å². The maximum absolute atomic E-state index is 13.7. The van der Waals surface area contributed by atoms with E-state index in [1.807, 2.05) is 12.1 Å². The number of rotatable bonds is 2. The van der Waals surface area contributed by atoms with E-state index in [0.29, 0.717) is 24.2 Å². The lowest BCUT2D eigenvalue weighted by Gasteiger charge is -2.30. The SMILES string of the molecule is CN1CCN(CC#Cc2[nH]nc3ccc4nc(-c5cn[nH]c5C(F)(F)F)c5c(c4c23)CCCC5)CC1. The van der Waals surface area contributed by atoms with Gasteiger partial charge in [-0.15, -0.1) is 0 Å². The van der Waals surface area contributed by atoms with Crippen molar-refractivity contribution in [1.82, 2.24) is 35.2 Å². The number of H-pyrrole nitrogens is 2. The van der Waals surface area contributed by atoms with Crippen molar-refractivity contribution in [1.29, 1.82) is 0 Å². The van der Waals surface area contributed by atoms with Crippen LogP contribution in [0.15, 0.2) is 18.3 Å². The van der Waals surface area contributed by atoms with Crippen LogP contribution in [-0.2, 0) is 19.0 Å². The maximum atomic E-state index is 13.7. The zero-order valence-electron chi connectivity index (χ0n) is 20.0. The van der Waals surface area contributed by atoms with E-state index in [4.69, 9.17) is 4.98 Å². The molecule has 0 atom stereocenters. The summed E-state index contributed by atoms with van der Waals surface area (Å²) in [6, 6.07) is 3.69. The van der Waals surface area contributed by atoms with Gasteiger partial charge < -0.3 is 4.90 Å². The maximum Gasteiger partial charge on any atom is 0.433 e. The summed E-state index contributed by atoms with van der Waals surface area (Å²) in [7, 11) is 2.13. The summed E-state index contributed by atoms with van der Waals surface area (Å²) in [6.45, 7) is 4.73. The third-order valence-corrected chi connectivity index (χ3v) is 7.28. The lowest BCUT2D eigenvalue weighted by atomic mass is 9.85. The van der Waals surface area contributed by atoms with Gasteiger partial charge in [0.05, 0.1) is 35.0 Å². The highest BCUT2D eigenvalue weighted by Crippen LogP contribution is 2.41. The molecule has 0 amide bonds. The van der Waals surface area contributed by atoms with Gasteiger partial charge in [-0.2, -0.15) is 23.4 Å². The topological polar surface area (TPSA) is 76.7 Å². The molecule has 0 radical (unpaired) electrons. The number of nitrogens with zero attached hydrogens (tertiary/aromatic N) is 5. The van der Waals surface area contributed by atoms with Gasteiger partial charge in [0, 0.05) is 37.0 Å². The van der Waals surface area contributed by atoms with E-state index in [1.54, 1.807) is 0 Å². The van der Waals surface area contributed by atoms with Crippen LogP contribution >= 0.6 is 0 Å². The molecule has 36 heavy (non-hydrogen) atoms. The Kier molecular flexibility index (Phi) is 5.69. The van der Waals surface area contributed by atoms with Crippen LogP contribution in [0.1, 0.15) is 35.4 Å². The second-order valence-electron chi connectivity index (χ2n) is 9.61. The van der Waals surface area contributed by atoms with Gasteiger partial charge in [0.25, 0.3) is 0 Å². The number of aromatic nitrogens is 5. The first-order valence-electron chi connectivity index (χ1n) is 12.2. The Bertz CT molecular complexity index is 1500. The molecule has 0 saturated carbocycles. The molecular formula is C26H26F3N7. The third kappa shape index (κ3) is 4.02. The number of hydrogen-bond acceptors (Lipinski definition) is 5. The molecule has 6 rings (SSSR count). The molecule has 1 aromatic carbocycles. The van der Waals surface area contributed by atoms with E-state index in [9.17, 15) is 13.2 Å². The molecule has 186 valence electrons. The summed E-state index contributed by atoms with van der Waals surface area (Å²) in [6.07, 6.45) is 0.0312. The van der Waals surface area contributed by atoms with E-state index in [-0.39, 0.29) is 5.56 Å². The van der Waals surface area contributed by atoms with Crippen LogP contribution in [0.4, 0.5) is 13.2 Å². The first kappa shape index (κ1) is 23.0. The number of halogens is 3. The summed E-state index contributed by atoms with van der Waals surface area (Å²) < 4.78 is 41.0. The minimum absolute atomic E-state index is 0.00188. The van der Waals surface area contributed by atoms with Crippen LogP contribution < -0.4 is 0 Å². The number of pyridine rings is 1. The standard InChI is InChI=1S/C26H26F3N7/c1-35-11-13-36(14-12-35)10-4-7-20-23-21(33-32-20)9-8-19-22(23)16-5-2-3-6-17(16)24(31-19)18-15-30-34-25(18)26(27,28)29/h8-9,15H,2-3,5-6,10-14H2,1H3,(H,30,34)(H,32,33). The molecule has 1 aliphatic carbocycles. The van der Waals surface area contributed by atoms with Crippen LogP contribution in [0.2, 0.25) is 0 Å². The molecule has 2 N–H and O–H groups in total. The number of alkyl halides is 3. The molecule has 1 saturated heterocycles. The van der Waals surface area contributed by atoms with E-state index < -0.39 is 11.9 Å². The van der Waals surface area contributed by atoms with Crippen molar-refractivity contribution in [3.63, 3.8) is 0 Å². The average molecular weight is 494 g/mol. The number of likely N-dealkylation sites (N-methyl/N-ethyl adjacent to an activating group) is 1. The molecule has 1 aliphatic heterocycles. The molecule has 0 spiro atoms. The van der Waals surface area contributed by atoms with Crippen molar-refractivity contribution >= 4 is 21.8 Å². The molecule has 7 nitrogen and oxygen atoms in total. The fraction of sp³-hybridized carbons (Fsp3) is 0.423. The van der Waals surface area contributed by atoms with Crippen molar-refractivity contribution in [3.05, 3.63) is 40.8 Å². The van der Waals surface area contributed by atoms with E-state index >= 15 is 0 Å². The summed E-state index contributed by atoms with van der Waals surface area (Å²) in [5, 5.41) is 15.2. The lowest BCUT2D eigenvalue weighted by molar-refractivity contribution is -0.140. The quantitative estimate of drug-likeness (QED) is 0.413. The van der Waals surface area contributed by atoms with Crippen LogP contribution in [0.5, 0.6) is 0 Å². The van der Waals surface area contributed by atoms with Crippen LogP contribution in [0.3, 0.4) is 0 Å². The molecule has 2 aliphatic rings. The van der Waals surface area contributed by atoms with Crippen molar-refractivity contribution in [2.24, 2.45) is 0 Å². The zero-order chi connectivity index (χ0) is 24.9. The second-order valence-corrected chi connectivity index (χ2v) is 9.61. The normalized spacial score (nSPS) is 17.3. The van der Waals surface area contributed by atoms with Crippen LogP contribution in [0, 0.1) is 11.8 Å². The number of piperazine rings is 1. The lowest BCUT2D eigenvalue weighted by Crippen LogP contribution is -2.44. The van der Waals surface area contributed by atoms with E-state index in [0.717, 1.165) is 78.6 Å². The van der Waals surface area contributed by atoms with E-state index in [2.05, 4.69) is 49.1 Å². The molecule has 1 fully saturated rings. The fourth-order valence-electron chi connectivity index (χ4n) is 5.37. The first-order valence-corrected chi connectivity index (χ1v) is 12.2. The monoisotopic (exact) mass is 493 g/mol. The minimum Gasteiger partial charge on any atom is -0.304 e. The smallest absolute Gasteiger partial charge is 0.304 e. The zero-order valence-corrected chi connectivity index (χ0v) is 20.0. The highest BCUT2D eigenvalue weighted by Gasteiger charge is 2.37. The summed E-state index contributed by atoms with van der Waals surface area (Å²) >= 11 is 0. The summed E-state index contributed by atoms with van der Waals surface area (Å²) in [5.74, 6) is 6.58. The summed E-state index contributed by atoms with van der Waals surface area (Å²) in [5.41, 5.74) is 3.58. The van der Waals surface area contributed by atoms with Crippen molar-refractivity contribution in [2.75, 3.05) is 39.8 Å². The van der Waals surface area contributed by atoms with Crippen LogP contribution in [0.25, 0.3) is 33.1 Å². The largest absolute Gasteiger partial charge is 0.433 e. The van der Waals surface area contributed by atoms with Gasteiger partial charge in [-0.1, -0.05) is 5.92 Å². The van der Waals surface area contributed by atoms with Crippen molar-refractivity contribution < 1.29 is 13.2 Å². The molecule has 10 heteroatoms. The Labute approximate surface area is 206 Å². The number of benzene rings is 1. The number of aromatic amines is 2. The highest BCUT2D eigenvalue weighted by molar-refractivity contribution is 6.10. The van der Waals surface area contributed by atoms with Crippen molar-refractivity contribution in [2.45, 2.75) is 31.9 Å². The fourth-order valence-corrected chi connectivity index (χ4v) is 5.37. The Morgan fingerprint density at radius 1 is 0.972 bits per heavy atom. The number of nitrogens with one attached hydrogen (secondary N) is 2. The average Bonchev–Trinajstić information content (AvgIpc) is 3.52. The van der Waals surface area contributed by atoms with E-state index in [1.165, 1.54) is 6.20 Å². The van der Waals surface area contributed by atoms with Crippen LogP contribution in [-0.4, -0.2) is 74.9 Å². The predicted molar refractivity (Wildman–Crippen MR) is 131 cm³/mol. The third-order valence-electron chi connectivity index (χ3n) is 7.28. The Morgan fingerprint density at radius 2 is 1.72 bits per heavy atom. The molecule has 0 bridgehead atoms. The minimum atomic E-state index is -4.54. The predicted octanol–water partition coefficient (Wildman–Crippen LogP) is 4.00.